The van der Waals surface area contributed by atoms with Crippen LogP contribution < -0.4 is 0 Å². The summed E-state index contributed by atoms with van der Waals surface area (Å²) >= 11 is 6.32. The van der Waals surface area contributed by atoms with E-state index in [1.807, 2.05) is 18.2 Å². The maximum Gasteiger partial charge on any atom is 0.228 e. The number of benzene rings is 2. The summed E-state index contributed by atoms with van der Waals surface area (Å²) in [6.07, 6.45) is 3.29. The first-order valence-electron chi connectivity index (χ1n) is 8.94. The highest BCUT2D eigenvalue weighted by Gasteiger charge is 2.37. The van der Waals surface area contributed by atoms with Gasteiger partial charge in [0.05, 0.1) is 0 Å². The Balaban J connectivity index is 1.58. The smallest absolute Gasteiger partial charge is 0.228 e. The largest absolute Gasteiger partial charge is 0.504 e. The molecule has 3 nitrogen and oxygen atoms in total. The van der Waals surface area contributed by atoms with Crippen molar-refractivity contribution < 1.29 is 14.7 Å². The van der Waals surface area contributed by atoms with Gasteiger partial charge < -0.3 is 5.11 Å². The van der Waals surface area contributed by atoms with Gasteiger partial charge in [-0.15, -0.1) is 0 Å². The van der Waals surface area contributed by atoms with Crippen LogP contribution in [0.1, 0.15) is 57.9 Å². The average Bonchev–Trinajstić information content (AvgIpc) is 2.67. The second-order valence-electron chi connectivity index (χ2n) is 7.04. The number of Topliss-reactive ketones (excluding diaryl/α,β-unsaturated/α-hetero) is 2. The molecule has 4 heteroatoms. The second-order valence-corrected chi connectivity index (χ2v) is 7.44. The molecule has 0 saturated heterocycles. The molecule has 26 heavy (non-hydrogen) atoms. The highest BCUT2D eigenvalue weighted by atomic mass is 35.5. The molecule has 2 aliphatic carbocycles. The highest BCUT2D eigenvalue weighted by Crippen LogP contribution is 2.43. The van der Waals surface area contributed by atoms with Gasteiger partial charge in [0.1, 0.15) is 0 Å². The topological polar surface area (TPSA) is 54.4 Å². The van der Waals surface area contributed by atoms with Crippen LogP contribution in [-0.4, -0.2) is 16.7 Å². The third kappa shape index (κ3) is 2.77. The number of ketones is 2. The number of halogens is 1. The number of hydrogen-bond donors (Lipinski definition) is 1. The lowest BCUT2D eigenvalue weighted by Gasteiger charge is -2.32. The van der Waals surface area contributed by atoms with Gasteiger partial charge in [-0.3, -0.25) is 9.59 Å². The van der Waals surface area contributed by atoms with E-state index in [2.05, 4.69) is 6.07 Å². The van der Waals surface area contributed by atoms with Crippen molar-refractivity contribution in [1.29, 1.82) is 0 Å². The van der Waals surface area contributed by atoms with Crippen molar-refractivity contribution >= 4 is 23.2 Å². The minimum atomic E-state index is -0.441. The van der Waals surface area contributed by atoms with Gasteiger partial charge in [0.25, 0.3) is 0 Å². The lowest BCUT2D eigenvalue weighted by Crippen LogP contribution is -2.28. The first-order valence-corrected chi connectivity index (χ1v) is 9.31. The predicted molar refractivity (Wildman–Crippen MR) is 101 cm³/mol. The van der Waals surface area contributed by atoms with Crippen molar-refractivity contribution in [1.82, 2.24) is 0 Å². The van der Waals surface area contributed by atoms with Gasteiger partial charge in [0.2, 0.25) is 5.78 Å². The molecule has 0 spiro atoms. The molecule has 0 atom stereocenters. The summed E-state index contributed by atoms with van der Waals surface area (Å²) in [6, 6.07) is 14.6. The minimum Gasteiger partial charge on any atom is -0.504 e. The number of rotatable bonds is 2. The first-order chi connectivity index (χ1) is 12.6. The molecule has 0 bridgehead atoms. The zero-order valence-corrected chi connectivity index (χ0v) is 15.0. The lowest BCUT2D eigenvalue weighted by molar-refractivity contribution is 0.0914. The quantitative estimate of drug-likeness (QED) is 0.762. The predicted octanol–water partition coefficient (Wildman–Crippen LogP) is 5.51. The van der Waals surface area contributed by atoms with E-state index in [0.717, 1.165) is 36.3 Å². The molecule has 1 fully saturated rings. The Labute approximate surface area is 157 Å². The molecule has 0 amide bonds. The van der Waals surface area contributed by atoms with Crippen LogP contribution in [0.2, 0.25) is 5.02 Å². The molecule has 2 aromatic carbocycles. The second kappa shape index (κ2) is 6.73. The Morgan fingerprint density at radius 3 is 1.96 bits per heavy atom. The van der Waals surface area contributed by atoms with Crippen molar-refractivity contribution in [2.75, 3.05) is 0 Å². The van der Waals surface area contributed by atoms with E-state index < -0.39 is 5.78 Å². The van der Waals surface area contributed by atoms with Gasteiger partial charge in [-0.05, 0) is 49.1 Å². The molecular weight excluding hydrogens is 348 g/mol. The lowest BCUT2D eigenvalue weighted by atomic mass is 9.72. The van der Waals surface area contributed by atoms with Crippen LogP contribution in [0.3, 0.4) is 0 Å². The van der Waals surface area contributed by atoms with Crippen molar-refractivity contribution in [2.24, 2.45) is 5.92 Å². The number of allylic oxidation sites excluding steroid dienone is 2. The average molecular weight is 367 g/mol. The molecule has 2 aliphatic rings. The Bertz CT molecular complexity index is 920. The molecule has 0 unspecified atom stereocenters. The number of carbonyl (C=O) groups is 2. The van der Waals surface area contributed by atoms with Gasteiger partial charge >= 0.3 is 0 Å². The minimum absolute atomic E-state index is 0.0847. The molecule has 1 N–H and O–H groups in total. The molecular formula is C22H19ClO3. The van der Waals surface area contributed by atoms with Crippen molar-refractivity contribution in [3.63, 3.8) is 0 Å². The maximum absolute atomic E-state index is 12.9. The fraction of sp³-hybridized carbons (Fsp3) is 0.273. The monoisotopic (exact) mass is 366 g/mol. The van der Waals surface area contributed by atoms with Crippen molar-refractivity contribution in [3.8, 4) is 0 Å². The molecule has 0 heterocycles. The molecule has 132 valence electrons. The fourth-order valence-corrected chi connectivity index (χ4v) is 4.55. The summed E-state index contributed by atoms with van der Waals surface area (Å²) in [7, 11) is 0. The van der Waals surface area contributed by atoms with Crippen LogP contribution >= 0.6 is 11.6 Å². The fourth-order valence-electron chi connectivity index (χ4n) is 4.26. The Hall–Kier alpha value is -2.39. The third-order valence-corrected chi connectivity index (χ3v) is 5.96. The van der Waals surface area contributed by atoms with Crippen LogP contribution in [0.15, 0.2) is 59.9 Å². The standard InChI is InChI=1S/C22H19ClO3/c23-18-8-4-3-5-15(18)13-9-11-14(12-10-13)19-20(24)16-6-1-2-7-17(16)21(25)22(19)26/h1-8,13-14,26H,9-12H2. The first kappa shape index (κ1) is 17.0. The van der Waals surface area contributed by atoms with Crippen LogP contribution in [0, 0.1) is 5.92 Å². The van der Waals surface area contributed by atoms with Gasteiger partial charge in [0, 0.05) is 21.7 Å². The molecule has 2 aromatic rings. The SMILES string of the molecule is O=C1C(O)=C(C2CCC(c3ccccc3Cl)CC2)C(=O)c2ccccc21. The summed E-state index contributed by atoms with van der Waals surface area (Å²) in [5.41, 5.74) is 2.13. The Morgan fingerprint density at radius 1 is 0.769 bits per heavy atom. The van der Waals surface area contributed by atoms with E-state index in [4.69, 9.17) is 11.6 Å². The van der Waals surface area contributed by atoms with E-state index >= 15 is 0 Å². The molecule has 0 aliphatic heterocycles. The van der Waals surface area contributed by atoms with Crippen molar-refractivity contribution in [3.05, 3.63) is 81.6 Å². The van der Waals surface area contributed by atoms with E-state index in [9.17, 15) is 14.7 Å². The van der Waals surface area contributed by atoms with Gasteiger partial charge in [0.15, 0.2) is 11.5 Å². The zero-order chi connectivity index (χ0) is 18.3. The molecule has 1 saturated carbocycles. The van der Waals surface area contributed by atoms with Gasteiger partial charge in [-0.25, -0.2) is 0 Å². The molecule has 0 radical (unpaired) electrons. The van der Waals surface area contributed by atoms with Gasteiger partial charge in [-0.1, -0.05) is 54.1 Å². The normalized spacial score (nSPS) is 23.1. The maximum atomic E-state index is 12.9. The summed E-state index contributed by atoms with van der Waals surface area (Å²) in [5, 5.41) is 11.2. The Kier molecular flexibility index (Phi) is 4.41. The number of aliphatic hydroxyl groups excluding tert-OH is 1. The van der Waals surface area contributed by atoms with E-state index in [1.165, 1.54) is 0 Å². The van der Waals surface area contributed by atoms with Crippen LogP contribution in [0.4, 0.5) is 0 Å². The van der Waals surface area contributed by atoms with Crippen LogP contribution in [0.5, 0.6) is 0 Å². The van der Waals surface area contributed by atoms with Crippen molar-refractivity contribution in [2.45, 2.75) is 31.6 Å². The Morgan fingerprint density at radius 2 is 1.31 bits per heavy atom. The van der Waals surface area contributed by atoms with Crippen LogP contribution in [0.25, 0.3) is 0 Å². The zero-order valence-electron chi connectivity index (χ0n) is 14.2. The number of carbonyl (C=O) groups excluding carboxylic acids is 2. The van der Waals surface area contributed by atoms with Crippen LogP contribution in [-0.2, 0) is 0 Å². The number of fused-ring (bicyclic) bond motifs is 1. The number of hydrogen-bond acceptors (Lipinski definition) is 3. The molecule has 0 aromatic heterocycles. The third-order valence-electron chi connectivity index (χ3n) is 5.61. The molecule has 4 rings (SSSR count). The highest BCUT2D eigenvalue weighted by molar-refractivity contribution is 6.31. The van der Waals surface area contributed by atoms with E-state index in [-0.39, 0.29) is 17.5 Å². The van der Waals surface area contributed by atoms with E-state index in [1.54, 1.807) is 24.3 Å². The summed E-state index contributed by atoms with van der Waals surface area (Å²) < 4.78 is 0. The summed E-state index contributed by atoms with van der Waals surface area (Å²) in [6.45, 7) is 0. The summed E-state index contributed by atoms with van der Waals surface area (Å²) in [5.74, 6) is -0.750. The van der Waals surface area contributed by atoms with Gasteiger partial charge in [-0.2, -0.15) is 0 Å². The number of aliphatic hydroxyl groups is 1. The van der Waals surface area contributed by atoms with E-state index in [0.29, 0.717) is 22.6 Å². The summed E-state index contributed by atoms with van der Waals surface area (Å²) in [4.78, 5) is 25.4.